The Morgan fingerprint density at radius 2 is 2.05 bits per heavy atom. The molecule has 0 aromatic heterocycles. The van der Waals surface area contributed by atoms with E-state index in [0.717, 1.165) is 42.9 Å². The fourth-order valence-corrected chi connectivity index (χ4v) is 2.85. The lowest BCUT2D eigenvalue weighted by molar-refractivity contribution is -0.122. The molecule has 110 valence electrons. The first kappa shape index (κ1) is 14.7. The first-order chi connectivity index (χ1) is 9.54. The molecule has 1 aromatic rings. The highest BCUT2D eigenvalue weighted by atomic mass is 16.5. The van der Waals surface area contributed by atoms with Gasteiger partial charge in [0.2, 0.25) is 5.91 Å². The number of carbonyl (C=O) groups is 1. The van der Waals surface area contributed by atoms with Crippen LogP contribution >= 0.6 is 0 Å². The van der Waals surface area contributed by atoms with Gasteiger partial charge in [-0.3, -0.25) is 4.79 Å². The maximum Gasteiger partial charge on any atom is 0.220 e. The minimum Gasteiger partial charge on any atom is -0.496 e. The van der Waals surface area contributed by atoms with E-state index in [1.54, 1.807) is 7.11 Å². The average molecular weight is 277 g/mol. The second-order valence-electron chi connectivity index (χ2n) is 5.35. The number of nitrogens with two attached hydrogens (primary N) is 2. The molecule has 0 spiro atoms. The molecule has 1 amide bonds. The van der Waals surface area contributed by atoms with Crippen LogP contribution in [-0.2, 0) is 4.79 Å². The van der Waals surface area contributed by atoms with Crippen molar-refractivity contribution in [3.8, 4) is 5.75 Å². The molecular formula is C15H23N3O2. The second-order valence-corrected chi connectivity index (χ2v) is 5.35. The summed E-state index contributed by atoms with van der Waals surface area (Å²) in [4.78, 5) is 13.5. The number of amides is 1. The molecule has 1 atom stereocenters. The summed E-state index contributed by atoms with van der Waals surface area (Å²) in [7, 11) is 1.66. The standard InChI is InChI=1S/C15H23N3O2/c1-10(16)14-12(4-3-5-13(14)20-2)18-8-6-11(7-9-18)15(17)19/h3-5,10-11H,6-9,16H2,1-2H3,(H2,17,19). The number of anilines is 1. The van der Waals surface area contributed by atoms with Crippen LogP contribution < -0.4 is 21.1 Å². The largest absolute Gasteiger partial charge is 0.496 e. The number of rotatable bonds is 4. The summed E-state index contributed by atoms with van der Waals surface area (Å²) in [6.45, 7) is 3.60. The third kappa shape index (κ3) is 2.88. The van der Waals surface area contributed by atoms with Crippen LogP contribution in [0.4, 0.5) is 5.69 Å². The summed E-state index contributed by atoms with van der Waals surface area (Å²) in [6.07, 6.45) is 1.59. The summed E-state index contributed by atoms with van der Waals surface area (Å²) in [5.74, 6) is 0.618. The minimum atomic E-state index is -0.192. The Bertz CT molecular complexity index is 480. The fourth-order valence-electron chi connectivity index (χ4n) is 2.85. The zero-order valence-electron chi connectivity index (χ0n) is 12.1. The predicted molar refractivity (Wildman–Crippen MR) is 79.7 cm³/mol. The number of hydrogen-bond acceptors (Lipinski definition) is 4. The second kappa shape index (κ2) is 6.13. The number of methoxy groups -OCH3 is 1. The van der Waals surface area contributed by atoms with Gasteiger partial charge in [-0.25, -0.2) is 0 Å². The van der Waals surface area contributed by atoms with Crippen molar-refractivity contribution in [2.75, 3.05) is 25.1 Å². The molecule has 4 N–H and O–H groups in total. The van der Waals surface area contributed by atoms with Gasteiger partial charge in [0.05, 0.1) is 7.11 Å². The number of piperidine rings is 1. The Morgan fingerprint density at radius 1 is 1.40 bits per heavy atom. The number of carbonyl (C=O) groups excluding carboxylic acids is 1. The van der Waals surface area contributed by atoms with Gasteiger partial charge in [-0.05, 0) is 31.9 Å². The van der Waals surface area contributed by atoms with Gasteiger partial charge in [-0.1, -0.05) is 6.07 Å². The summed E-state index contributed by atoms with van der Waals surface area (Å²) < 4.78 is 5.42. The van der Waals surface area contributed by atoms with Crippen molar-refractivity contribution in [3.63, 3.8) is 0 Å². The van der Waals surface area contributed by atoms with Gasteiger partial charge in [-0.2, -0.15) is 0 Å². The van der Waals surface area contributed by atoms with Gasteiger partial charge in [0.1, 0.15) is 5.75 Å². The SMILES string of the molecule is COc1cccc(N2CCC(C(N)=O)CC2)c1C(C)N. The quantitative estimate of drug-likeness (QED) is 0.872. The van der Waals surface area contributed by atoms with Crippen molar-refractivity contribution in [1.82, 2.24) is 0 Å². The zero-order chi connectivity index (χ0) is 14.7. The molecule has 0 radical (unpaired) electrons. The number of primary amides is 1. The highest BCUT2D eigenvalue weighted by molar-refractivity contribution is 5.77. The van der Waals surface area contributed by atoms with Crippen molar-refractivity contribution < 1.29 is 9.53 Å². The van der Waals surface area contributed by atoms with Gasteiger partial charge >= 0.3 is 0 Å². The van der Waals surface area contributed by atoms with Gasteiger partial charge in [0, 0.05) is 36.3 Å². The van der Waals surface area contributed by atoms with E-state index in [2.05, 4.69) is 11.0 Å². The monoisotopic (exact) mass is 277 g/mol. The molecule has 0 saturated carbocycles. The molecular weight excluding hydrogens is 254 g/mol. The van der Waals surface area contributed by atoms with E-state index in [-0.39, 0.29) is 17.9 Å². The molecule has 0 aliphatic carbocycles. The molecule has 1 aromatic carbocycles. The van der Waals surface area contributed by atoms with Crippen molar-refractivity contribution in [3.05, 3.63) is 23.8 Å². The fraction of sp³-hybridized carbons (Fsp3) is 0.533. The zero-order valence-corrected chi connectivity index (χ0v) is 12.1. The minimum absolute atomic E-state index is 0.00407. The van der Waals surface area contributed by atoms with Crippen LogP contribution in [0, 0.1) is 5.92 Å². The number of ether oxygens (including phenoxy) is 1. The maximum atomic E-state index is 11.2. The van der Waals surface area contributed by atoms with E-state index in [0.29, 0.717) is 0 Å². The lowest BCUT2D eigenvalue weighted by Gasteiger charge is -2.34. The summed E-state index contributed by atoms with van der Waals surface area (Å²) in [5.41, 5.74) is 13.6. The first-order valence-electron chi connectivity index (χ1n) is 7.01. The smallest absolute Gasteiger partial charge is 0.220 e. The highest BCUT2D eigenvalue weighted by Gasteiger charge is 2.25. The average Bonchev–Trinajstić information content (AvgIpc) is 2.46. The van der Waals surface area contributed by atoms with Crippen LogP contribution in [0.1, 0.15) is 31.4 Å². The van der Waals surface area contributed by atoms with Gasteiger partial charge in [0.25, 0.3) is 0 Å². The first-order valence-corrected chi connectivity index (χ1v) is 7.01. The molecule has 1 aliphatic rings. The van der Waals surface area contributed by atoms with Crippen molar-refractivity contribution in [2.24, 2.45) is 17.4 Å². The van der Waals surface area contributed by atoms with Crippen LogP contribution in [0.5, 0.6) is 5.75 Å². The van der Waals surface area contributed by atoms with Crippen molar-refractivity contribution in [2.45, 2.75) is 25.8 Å². The van der Waals surface area contributed by atoms with Crippen LogP contribution in [0.25, 0.3) is 0 Å². The van der Waals surface area contributed by atoms with E-state index in [9.17, 15) is 4.79 Å². The molecule has 1 heterocycles. The van der Waals surface area contributed by atoms with Crippen LogP contribution in [-0.4, -0.2) is 26.1 Å². The van der Waals surface area contributed by atoms with Crippen LogP contribution in [0.3, 0.4) is 0 Å². The third-order valence-electron chi connectivity index (χ3n) is 3.96. The molecule has 1 aliphatic heterocycles. The molecule has 2 rings (SSSR count). The summed E-state index contributed by atoms with van der Waals surface area (Å²) >= 11 is 0. The van der Waals surface area contributed by atoms with E-state index in [1.165, 1.54) is 0 Å². The van der Waals surface area contributed by atoms with E-state index in [1.807, 2.05) is 19.1 Å². The number of nitrogens with zero attached hydrogens (tertiary/aromatic N) is 1. The normalized spacial score (nSPS) is 17.9. The molecule has 1 fully saturated rings. The Labute approximate surface area is 119 Å². The van der Waals surface area contributed by atoms with Crippen LogP contribution in [0.15, 0.2) is 18.2 Å². The lowest BCUT2D eigenvalue weighted by Crippen LogP contribution is -2.39. The summed E-state index contributed by atoms with van der Waals surface area (Å²) in [5, 5.41) is 0. The maximum absolute atomic E-state index is 11.2. The Hall–Kier alpha value is -1.75. The van der Waals surface area contributed by atoms with E-state index < -0.39 is 0 Å². The lowest BCUT2D eigenvalue weighted by atomic mass is 9.94. The molecule has 1 unspecified atom stereocenters. The van der Waals surface area contributed by atoms with E-state index in [4.69, 9.17) is 16.2 Å². The molecule has 0 bridgehead atoms. The topological polar surface area (TPSA) is 81.6 Å². The Morgan fingerprint density at radius 3 is 2.55 bits per heavy atom. The van der Waals surface area contributed by atoms with Crippen molar-refractivity contribution in [1.29, 1.82) is 0 Å². The molecule has 1 saturated heterocycles. The van der Waals surface area contributed by atoms with Gasteiger partial charge in [0.15, 0.2) is 0 Å². The van der Waals surface area contributed by atoms with Crippen molar-refractivity contribution >= 4 is 11.6 Å². The Kier molecular flexibility index (Phi) is 4.49. The number of benzene rings is 1. The van der Waals surface area contributed by atoms with E-state index >= 15 is 0 Å². The molecule has 20 heavy (non-hydrogen) atoms. The summed E-state index contributed by atoms with van der Waals surface area (Å²) in [6, 6.07) is 5.86. The molecule has 5 nitrogen and oxygen atoms in total. The highest BCUT2D eigenvalue weighted by Crippen LogP contribution is 2.35. The molecule has 5 heteroatoms. The Balaban J connectivity index is 2.23. The van der Waals surface area contributed by atoms with Gasteiger partial charge < -0.3 is 21.1 Å². The predicted octanol–water partition coefficient (Wildman–Crippen LogP) is 1.42. The van der Waals surface area contributed by atoms with Crippen LogP contribution in [0.2, 0.25) is 0 Å². The third-order valence-corrected chi connectivity index (χ3v) is 3.96. The van der Waals surface area contributed by atoms with Gasteiger partial charge in [-0.15, -0.1) is 0 Å². The number of hydrogen-bond donors (Lipinski definition) is 2.